The molecule has 4 nitrogen and oxygen atoms in total. The monoisotopic (exact) mass is 301 g/mol. The van der Waals surface area contributed by atoms with Crippen molar-refractivity contribution in [1.82, 2.24) is 5.32 Å². The SMILES string of the molecule is CCCNCC1(OCCOCCCOC)CCCC(C)C1. The third-order valence-electron chi connectivity index (χ3n) is 4.20. The lowest BCUT2D eigenvalue weighted by Crippen LogP contribution is -2.47. The van der Waals surface area contributed by atoms with Crippen LogP contribution in [0, 0.1) is 5.92 Å². The first kappa shape index (κ1) is 18.9. The summed E-state index contributed by atoms with van der Waals surface area (Å²) in [6.45, 7) is 9.52. The smallest absolute Gasteiger partial charge is 0.0810 e. The molecule has 1 rings (SSSR count). The average Bonchev–Trinajstić information content (AvgIpc) is 2.47. The van der Waals surface area contributed by atoms with Gasteiger partial charge in [0.25, 0.3) is 0 Å². The van der Waals surface area contributed by atoms with Gasteiger partial charge in [-0.15, -0.1) is 0 Å². The minimum Gasteiger partial charge on any atom is -0.385 e. The number of hydrogen-bond acceptors (Lipinski definition) is 4. The van der Waals surface area contributed by atoms with Gasteiger partial charge in [0, 0.05) is 26.9 Å². The molecular weight excluding hydrogens is 266 g/mol. The number of ether oxygens (including phenoxy) is 3. The summed E-state index contributed by atoms with van der Waals surface area (Å²) in [5.74, 6) is 0.768. The van der Waals surface area contributed by atoms with Gasteiger partial charge in [-0.25, -0.2) is 0 Å². The van der Waals surface area contributed by atoms with Crippen molar-refractivity contribution in [3.8, 4) is 0 Å². The quantitative estimate of drug-likeness (QED) is 0.563. The molecule has 4 heteroatoms. The molecule has 2 unspecified atom stereocenters. The lowest BCUT2D eigenvalue weighted by Gasteiger charge is -2.40. The standard InChI is InChI=1S/C17H35NO3/c1-4-9-18-15-17(8-5-7-16(2)14-17)21-13-12-20-11-6-10-19-3/h16,18H,4-15H2,1-3H3. The molecule has 1 aliphatic carbocycles. The van der Waals surface area contributed by atoms with Crippen molar-refractivity contribution in [1.29, 1.82) is 0 Å². The molecule has 0 aromatic heterocycles. The normalized spacial score (nSPS) is 26.1. The lowest BCUT2D eigenvalue weighted by atomic mass is 9.78. The number of methoxy groups -OCH3 is 1. The van der Waals surface area contributed by atoms with Crippen molar-refractivity contribution in [2.45, 2.75) is 58.0 Å². The summed E-state index contributed by atoms with van der Waals surface area (Å²) < 4.78 is 16.9. The van der Waals surface area contributed by atoms with Crippen LogP contribution in [-0.2, 0) is 14.2 Å². The first-order valence-corrected chi connectivity index (χ1v) is 8.64. The zero-order chi connectivity index (χ0) is 15.4. The molecule has 0 amide bonds. The van der Waals surface area contributed by atoms with Crippen molar-refractivity contribution >= 4 is 0 Å². The third kappa shape index (κ3) is 8.15. The lowest BCUT2D eigenvalue weighted by molar-refractivity contribution is -0.0955. The molecule has 0 aliphatic heterocycles. The van der Waals surface area contributed by atoms with E-state index in [1.807, 2.05) is 0 Å². The van der Waals surface area contributed by atoms with Crippen LogP contribution in [0.1, 0.15) is 52.4 Å². The van der Waals surface area contributed by atoms with Crippen LogP contribution in [0.15, 0.2) is 0 Å². The number of hydrogen-bond donors (Lipinski definition) is 1. The van der Waals surface area contributed by atoms with E-state index in [1.54, 1.807) is 7.11 Å². The van der Waals surface area contributed by atoms with Crippen LogP contribution in [0.2, 0.25) is 0 Å². The third-order valence-corrected chi connectivity index (χ3v) is 4.20. The molecule has 0 heterocycles. The largest absolute Gasteiger partial charge is 0.385 e. The number of rotatable bonds is 12. The van der Waals surface area contributed by atoms with E-state index in [2.05, 4.69) is 19.2 Å². The minimum atomic E-state index is 0.0305. The molecule has 0 saturated heterocycles. The summed E-state index contributed by atoms with van der Waals surface area (Å²) in [5.41, 5.74) is 0.0305. The van der Waals surface area contributed by atoms with Crippen LogP contribution in [0.25, 0.3) is 0 Å². The van der Waals surface area contributed by atoms with Gasteiger partial charge < -0.3 is 19.5 Å². The number of nitrogens with one attached hydrogen (secondary N) is 1. The Labute approximate surface area is 130 Å². The van der Waals surface area contributed by atoms with E-state index < -0.39 is 0 Å². The van der Waals surface area contributed by atoms with Crippen LogP contribution >= 0.6 is 0 Å². The zero-order valence-electron chi connectivity index (χ0n) is 14.3. The Kier molecular flexibility index (Phi) is 10.3. The second-order valence-electron chi connectivity index (χ2n) is 6.37. The van der Waals surface area contributed by atoms with Gasteiger partial charge >= 0.3 is 0 Å². The van der Waals surface area contributed by atoms with Crippen LogP contribution in [0.4, 0.5) is 0 Å². The Morgan fingerprint density at radius 1 is 1.19 bits per heavy atom. The molecule has 0 radical (unpaired) electrons. The van der Waals surface area contributed by atoms with E-state index in [4.69, 9.17) is 14.2 Å². The summed E-state index contributed by atoms with van der Waals surface area (Å²) >= 11 is 0. The van der Waals surface area contributed by atoms with Gasteiger partial charge in [0.15, 0.2) is 0 Å². The van der Waals surface area contributed by atoms with Gasteiger partial charge in [0.05, 0.1) is 18.8 Å². The topological polar surface area (TPSA) is 39.7 Å². The van der Waals surface area contributed by atoms with Crippen LogP contribution in [-0.4, -0.2) is 52.2 Å². The van der Waals surface area contributed by atoms with Gasteiger partial charge in [-0.3, -0.25) is 0 Å². The van der Waals surface area contributed by atoms with Gasteiger partial charge in [-0.1, -0.05) is 26.7 Å². The van der Waals surface area contributed by atoms with Crippen LogP contribution < -0.4 is 5.32 Å². The van der Waals surface area contributed by atoms with Crippen molar-refractivity contribution in [3.63, 3.8) is 0 Å². The fraction of sp³-hybridized carbons (Fsp3) is 1.00. The van der Waals surface area contributed by atoms with E-state index in [9.17, 15) is 0 Å². The van der Waals surface area contributed by atoms with E-state index in [-0.39, 0.29) is 5.60 Å². The van der Waals surface area contributed by atoms with Crippen molar-refractivity contribution in [2.75, 3.05) is 46.6 Å². The first-order chi connectivity index (χ1) is 10.2. The Morgan fingerprint density at radius 3 is 2.76 bits per heavy atom. The zero-order valence-corrected chi connectivity index (χ0v) is 14.3. The Hall–Kier alpha value is -0.160. The maximum Gasteiger partial charge on any atom is 0.0810 e. The Balaban J connectivity index is 2.25. The van der Waals surface area contributed by atoms with E-state index >= 15 is 0 Å². The predicted molar refractivity (Wildman–Crippen MR) is 86.8 cm³/mol. The van der Waals surface area contributed by atoms with Crippen molar-refractivity contribution in [2.24, 2.45) is 5.92 Å². The highest BCUT2D eigenvalue weighted by molar-refractivity contribution is 4.89. The molecule has 1 N–H and O–H groups in total. The highest BCUT2D eigenvalue weighted by atomic mass is 16.5. The molecule has 1 saturated carbocycles. The fourth-order valence-electron chi connectivity index (χ4n) is 3.17. The Bertz CT molecular complexity index is 250. The second kappa shape index (κ2) is 11.4. The molecule has 2 atom stereocenters. The van der Waals surface area contributed by atoms with Gasteiger partial charge in [0.2, 0.25) is 0 Å². The predicted octanol–water partition coefficient (Wildman–Crippen LogP) is 3.00. The second-order valence-corrected chi connectivity index (χ2v) is 6.37. The van der Waals surface area contributed by atoms with E-state index in [1.165, 1.54) is 32.1 Å². The van der Waals surface area contributed by atoms with E-state index in [0.29, 0.717) is 13.2 Å². The molecule has 126 valence electrons. The minimum absolute atomic E-state index is 0.0305. The molecule has 21 heavy (non-hydrogen) atoms. The van der Waals surface area contributed by atoms with Crippen LogP contribution in [0.3, 0.4) is 0 Å². The molecule has 0 aromatic carbocycles. The molecule has 0 bridgehead atoms. The molecule has 1 fully saturated rings. The first-order valence-electron chi connectivity index (χ1n) is 8.64. The van der Waals surface area contributed by atoms with Crippen molar-refractivity contribution < 1.29 is 14.2 Å². The maximum absolute atomic E-state index is 6.28. The van der Waals surface area contributed by atoms with Gasteiger partial charge in [-0.2, -0.15) is 0 Å². The summed E-state index contributed by atoms with van der Waals surface area (Å²) in [6.07, 6.45) is 7.10. The molecular formula is C17H35NO3. The molecule has 0 aromatic rings. The van der Waals surface area contributed by atoms with Gasteiger partial charge in [0.1, 0.15) is 0 Å². The van der Waals surface area contributed by atoms with E-state index in [0.717, 1.165) is 38.6 Å². The summed E-state index contributed by atoms with van der Waals surface area (Å²) in [4.78, 5) is 0. The summed E-state index contributed by atoms with van der Waals surface area (Å²) in [6, 6.07) is 0. The molecule has 0 spiro atoms. The fourth-order valence-corrected chi connectivity index (χ4v) is 3.17. The summed E-state index contributed by atoms with van der Waals surface area (Å²) in [7, 11) is 1.72. The maximum atomic E-state index is 6.28. The van der Waals surface area contributed by atoms with Crippen molar-refractivity contribution in [3.05, 3.63) is 0 Å². The van der Waals surface area contributed by atoms with Gasteiger partial charge in [-0.05, 0) is 38.1 Å². The highest BCUT2D eigenvalue weighted by Crippen LogP contribution is 2.34. The Morgan fingerprint density at radius 2 is 2.05 bits per heavy atom. The highest BCUT2D eigenvalue weighted by Gasteiger charge is 2.35. The molecule has 1 aliphatic rings. The average molecular weight is 301 g/mol. The van der Waals surface area contributed by atoms with Crippen LogP contribution in [0.5, 0.6) is 0 Å². The summed E-state index contributed by atoms with van der Waals surface area (Å²) in [5, 5.41) is 3.55.